The van der Waals surface area contributed by atoms with Gasteiger partial charge in [-0.25, -0.2) is 4.79 Å². The Morgan fingerprint density at radius 2 is 2.10 bits per heavy atom. The fourth-order valence-electron chi connectivity index (χ4n) is 2.06. The number of rotatable bonds is 11. The number of aromatic nitrogens is 1. The fourth-order valence-corrected chi connectivity index (χ4v) is 2.06. The van der Waals surface area contributed by atoms with Crippen LogP contribution in [0.25, 0.3) is 0 Å². The average molecular weight is 281 g/mol. The number of aliphatic carboxylic acids is 1. The second kappa shape index (κ2) is 10.3. The Balaban J connectivity index is 2.28. The van der Waals surface area contributed by atoms with Gasteiger partial charge in [0.05, 0.1) is 6.10 Å². The zero-order chi connectivity index (χ0) is 14.6. The molecule has 1 aromatic heterocycles. The van der Waals surface area contributed by atoms with E-state index in [4.69, 9.17) is 14.9 Å². The van der Waals surface area contributed by atoms with Gasteiger partial charge in [-0.3, -0.25) is 4.98 Å². The van der Waals surface area contributed by atoms with Crippen molar-refractivity contribution in [1.29, 1.82) is 0 Å². The van der Waals surface area contributed by atoms with E-state index in [1.807, 2.05) is 18.3 Å². The summed E-state index contributed by atoms with van der Waals surface area (Å²) in [4.78, 5) is 14.6. The zero-order valence-corrected chi connectivity index (χ0v) is 11.7. The number of aliphatic hydroxyl groups excluding tert-OH is 1. The lowest BCUT2D eigenvalue weighted by molar-refractivity contribution is -0.144. The number of aryl methyl sites for hydroxylation is 1. The van der Waals surface area contributed by atoms with E-state index in [1.54, 1.807) is 6.20 Å². The van der Waals surface area contributed by atoms with Crippen molar-refractivity contribution in [3.8, 4) is 0 Å². The van der Waals surface area contributed by atoms with Gasteiger partial charge in [-0.05, 0) is 50.2 Å². The molecule has 1 aromatic rings. The molecule has 1 rings (SSSR count). The van der Waals surface area contributed by atoms with Gasteiger partial charge >= 0.3 is 5.97 Å². The van der Waals surface area contributed by atoms with E-state index in [9.17, 15) is 4.79 Å². The van der Waals surface area contributed by atoms with Crippen molar-refractivity contribution < 1.29 is 19.7 Å². The van der Waals surface area contributed by atoms with E-state index >= 15 is 0 Å². The van der Waals surface area contributed by atoms with Gasteiger partial charge in [0.15, 0.2) is 0 Å². The highest BCUT2D eigenvalue weighted by Gasteiger charge is 2.11. The van der Waals surface area contributed by atoms with E-state index in [0.29, 0.717) is 0 Å². The molecule has 2 N–H and O–H groups in total. The molecule has 20 heavy (non-hydrogen) atoms. The maximum absolute atomic E-state index is 10.6. The second-order valence-electron chi connectivity index (χ2n) is 4.80. The van der Waals surface area contributed by atoms with Crippen LogP contribution in [0.15, 0.2) is 24.5 Å². The zero-order valence-electron chi connectivity index (χ0n) is 11.7. The van der Waals surface area contributed by atoms with Crippen LogP contribution in [0.3, 0.4) is 0 Å². The molecule has 1 unspecified atom stereocenters. The number of aliphatic hydroxyl groups is 1. The van der Waals surface area contributed by atoms with Crippen molar-refractivity contribution in [3.63, 3.8) is 0 Å². The predicted molar refractivity (Wildman–Crippen MR) is 75.5 cm³/mol. The minimum Gasteiger partial charge on any atom is -0.480 e. The molecule has 0 saturated carbocycles. The number of unbranched alkanes of at least 4 members (excludes halogenated alkanes) is 1. The molecule has 0 amide bonds. The van der Waals surface area contributed by atoms with E-state index in [-0.39, 0.29) is 19.3 Å². The minimum absolute atomic E-state index is 0.0469. The number of carbonyl (C=O) groups is 1. The van der Waals surface area contributed by atoms with E-state index in [2.05, 4.69) is 4.98 Å². The third-order valence-electron chi connectivity index (χ3n) is 3.09. The van der Waals surface area contributed by atoms with Crippen LogP contribution in [-0.4, -0.2) is 40.5 Å². The third kappa shape index (κ3) is 7.86. The molecule has 0 spiro atoms. The molecule has 5 nitrogen and oxygen atoms in total. The molecule has 1 heterocycles. The van der Waals surface area contributed by atoms with Crippen LogP contribution in [0.2, 0.25) is 0 Å². The van der Waals surface area contributed by atoms with Crippen molar-refractivity contribution in [3.05, 3.63) is 30.1 Å². The lowest BCUT2D eigenvalue weighted by Crippen LogP contribution is -2.18. The van der Waals surface area contributed by atoms with Crippen molar-refractivity contribution >= 4 is 5.97 Å². The largest absolute Gasteiger partial charge is 0.480 e. The summed E-state index contributed by atoms with van der Waals surface area (Å²) < 4.78 is 5.39. The standard InChI is InChI=1S/C15H23NO4/c17-10-2-1-7-14(20-12-15(18)19)8-3-5-13-6-4-9-16-11-13/h4,6,9,11,14,17H,1-3,5,7-8,10,12H2,(H,18,19). The molecule has 0 aliphatic heterocycles. The van der Waals surface area contributed by atoms with Gasteiger partial charge in [-0.1, -0.05) is 6.07 Å². The van der Waals surface area contributed by atoms with Crippen LogP contribution < -0.4 is 0 Å². The molecule has 5 heteroatoms. The van der Waals surface area contributed by atoms with Gasteiger partial charge in [0.1, 0.15) is 6.61 Å². The Hall–Kier alpha value is -1.46. The molecular weight excluding hydrogens is 258 g/mol. The van der Waals surface area contributed by atoms with Gasteiger partial charge in [0.25, 0.3) is 0 Å². The van der Waals surface area contributed by atoms with Gasteiger partial charge in [0, 0.05) is 19.0 Å². The predicted octanol–water partition coefficient (Wildman–Crippen LogP) is 2.04. The first kappa shape index (κ1) is 16.6. The Labute approximate surface area is 119 Å². The first-order valence-electron chi connectivity index (χ1n) is 7.05. The molecule has 1 atom stereocenters. The van der Waals surface area contributed by atoms with Crippen LogP contribution in [-0.2, 0) is 16.0 Å². The van der Waals surface area contributed by atoms with Crippen molar-refractivity contribution in [2.75, 3.05) is 13.2 Å². The number of hydrogen-bond donors (Lipinski definition) is 2. The summed E-state index contributed by atoms with van der Waals surface area (Å²) in [7, 11) is 0. The molecule has 0 aromatic carbocycles. The number of carboxylic acid groups (broad SMARTS) is 1. The SMILES string of the molecule is O=C(O)COC(CCCCO)CCCc1cccnc1. The maximum atomic E-state index is 10.6. The van der Waals surface area contributed by atoms with Crippen LogP contribution in [0.5, 0.6) is 0 Å². The molecule has 0 saturated heterocycles. The lowest BCUT2D eigenvalue weighted by atomic mass is 10.0. The lowest BCUT2D eigenvalue weighted by Gasteiger charge is -2.16. The summed E-state index contributed by atoms with van der Waals surface area (Å²) in [5, 5.41) is 17.4. The van der Waals surface area contributed by atoms with E-state index < -0.39 is 5.97 Å². The number of pyridine rings is 1. The van der Waals surface area contributed by atoms with E-state index in [1.165, 1.54) is 5.56 Å². The minimum atomic E-state index is -0.940. The normalized spacial score (nSPS) is 12.2. The van der Waals surface area contributed by atoms with Crippen molar-refractivity contribution in [2.24, 2.45) is 0 Å². The summed E-state index contributed by atoms with van der Waals surface area (Å²) in [6.07, 6.45) is 8.61. The van der Waals surface area contributed by atoms with E-state index in [0.717, 1.165) is 38.5 Å². The molecule has 0 aliphatic rings. The molecule has 0 radical (unpaired) electrons. The Kier molecular flexibility index (Phi) is 8.58. The highest BCUT2D eigenvalue weighted by atomic mass is 16.5. The highest BCUT2D eigenvalue weighted by Crippen LogP contribution is 2.13. The summed E-state index contributed by atoms with van der Waals surface area (Å²) in [6, 6.07) is 3.95. The quantitative estimate of drug-likeness (QED) is 0.607. The van der Waals surface area contributed by atoms with Gasteiger partial charge in [0.2, 0.25) is 0 Å². The second-order valence-corrected chi connectivity index (χ2v) is 4.80. The van der Waals surface area contributed by atoms with Crippen LogP contribution in [0.1, 0.15) is 37.7 Å². The Morgan fingerprint density at radius 3 is 2.75 bits per heavy atom. The summed E-state index contributed by atoms with van der Waals surface area (Å²) in [5.41, 5.74) is 1.18. The number of ether oxygens (including phenoxy) is 1. The van der Waals surface area contributed by atoms with Crippen molar-refractivity contribution in [1.82, 2.24) is 4.98 Å². The topological polar surface area (TPSA) is 79.7 Å². The van der Waals surface area contributed by atoms with Crippen molar-refractivity contribution in [2.45, 2.75) is 44.6 Å². The van der Waals surface area contributed by atoms with Crippen LogP contribution >= 0.6 is 0 Å². The van der Waals surface area contributed by atoms with Gasteiger partial charge in [-0.2, -0.15) is 0 Å². The number of hydrogen-bond acceptors (Lipinski definition) is 4. The van der Waals surface area contributed by atoms with Crippen LogP contribution in [0.4, 0.5) is 0 Å². The summed E-state index contributed by atoms with van der Waals surface area (Å²) in [5.74, 6) is -0.940. The monoisotopic (exact) mass is 281 g/mol. The first-order valence-corrected chi connectivity index (χ1v) is 7.05. The highest BCUT2D eigenvalue weighted by molar-refractivity contribution is 5.68. The first-order chi connectivity index (χ1) is 9.72. The number of carboxylic acids is 1. The number of nitrogens with zero attached hydrogens (tertiary/aromatic N) is 1. The maximum Gasteiger partial charge on any atom is 0.329 e. The molecule has 0 aliphatic carbocycles. The average Bonchev–Trinajstić information content (AvgIpc) is 2.45. The fraction of sp³-hybridized carbons (Fsp3) is 0.600. The Morgan fingerprint density at radius 1 is 1.30 bits per heavy atom. The smallest absolute Gasteiger partial charge is 0.329 e. The third-order valence-corrected chi connectivity index (χ3v) is 3.09. The molecular formula is C15H23NO4. The molecule has 0 bridgehead atoms. The molecule has 112 valence electrons. The summed E-state index contributed by atoms with van der Waals surface area (Å²) >= 11 is 0. The Bertz CT molecular complexity index is 369. The van der Waals surface area contributed by atoms with Crippen LogP contribution in [0, 0.1) is 0 Å². The van der Waals surface area contributed by atoms with Gasteiger partial charge < -0.3 is 14.9 Å². The van der Waals surface area contributed by atoms with Gasteiger partial charge in [-0.15, -0.1) is 0 Å². The molecule has 0 fully saturated rings. The summed E-state index contributed by atoms with van der Waals surface area (Å²) in [6.45, 7) is -0.0853.